The number of rotatable bonds is 5. The number of aromatic nitrogens is 1. The van der Waals surface area contributed by atoms with Crippen LogP contribution in [0.4, 0.5) is 0 Å². The Kier molecular flexibility index (Phi) is 6.23. The lowest BCUT2D eigenvalue weighted by atomic mass is 10.1. The molecule has 5 heteroatoms. The molecule has 0 radical (unpaired) electrons. The van der Waals surface area contributed by atoms with Gasteiger partial charge in [-0.2, -0.15) is 0 Å². The zero-order valence-corrected chi connectivity index (χ0v) is 15.6. The molecule has 1 aromatic carbocycles. The normalized spacial score (nSPS) is 17.8. The van der Waals surface area contributed by atoms with Crippen molar-refractivity contribution < 1.29 is 9.53 Å². The third-order valence-corrected chi connectivity index (χ3v) is 5.08. The van der Waals surface area contributed by atoms with E-state index in [-0.39, 0.29) is 5.91 Å². The van der Waals surface area contributed by atoms with Gasteiger partial charge in [-0.25, -0.2) is 0 Å². The molecule has 0 aliphatic carbocycles. The Labute approximate surface area is 155 Å². The van der Waals surface area contributed by atoms with Gasteiger partial charge in [0.2, 0.25) is 0 Å². The quantitative estimate of drug-likeness (QED) is 0.828. The smallest absolute Gasteiger partial charge is 0.253 e. The van der Waals surface area contributed by atoms with E-state index in [0.29, 0.717) is 6.04 Å². The van der Waals surface area contributed by atoms with Gasteiger partial charge in [0.05, 0.1) is 12.8 Å². The maximum atomic E-state index is 12.8. The molecule has 1 aliphatic rings. The molecular formula is C21H27N3O2. The number of benzene rings is 1. The second-order valence-corrected chi connectivity index (χ2v) is 6.84. The summed E-state index contributed by atoms with van der Waals surface area (Å²) in [4.78, 5) is 21.5. The number of hydrogen-bond acceptors (Lipinski definition) is 4. The van der Waals surface area contributed by atoms with Crippen LogP contribution in [0.3, 0.4) is 0 Å². The standard InChI is InChI=1S/C21H27N3O2/c1-23(16-18-6-3-4-13-22-18)19-7-5-14-24(15-12-19)21(25)17-8-10-20(26-2)11-9-17/h3-4,6,8-11,13,19H,5,7,12,14-16H2,1-2H3. The molecule has 1 amide bonds. The number of amides is 1. The van der Waals surface area contributed by atoms with Crippen molar-refractivity contribution in [1.29, 1.82) is 0 Å². The van der Waals surface area contributed by atoms with Gasteiger partial charge >= 0.3 is 0 Å². The average molecular weight is 353 g/mol. The monoisotopic (exact) mass is 353 g/mol. The first-order valence-corrected chi connectivity index (χ1v) is 9.21. The Morgan fingerprint density at radius 1 is 1.19 bits per heavy atom. The van der Waals surface area contributed by atoms with Crippen LogP contribution in [0.2, 0.25) is 0 Å². The van der Waals surface area contributed by atoms with Crippen molar-refractivity contribution in [2.45, 2.75) is 31.8 Å². The minimum absolute atomic E-state index is 0.112. The molecule has 2 aromatic rings. The van der Waals surface area contributed by atoms with Crippen LogP contribution in [0.15, 0.2) is 48.7 Å². The summed E-state index contributed by atoms with van der Waals surface area (Å²) in [5.41, 5.74) is 1.82. The Balaban J connectivity index is 1.57. The van der Waals surface area contributed by atoms with Crippen LogP contribution in [0.5, 0.6) is 5.75 Å². The Hall–Kier alpha value is -2.40. The van der Waals surface area contributed by atoms with E-state index in [1.54, 1.807) is 7.11 Å². The summed E-state index contributed by atoms with van der Waals surface area (Å²) in [6.07, 6.45) is 4.96. The lowest BCUT2D eigenvalue weighted by Gasteiger charge is -2.27. The Morgan fingerprint density at radius 3 is 2.69 bits per heavy atom. The molecule has 1 fully saturated rings. The van der Waals surface area contributed by atoms with Crippen molar-refractivity contribution in [1.82, 2.24) is 14.8 Å². The zero-order chi connectivity index (χ0) is 18.4. The van der Waals surface area contributed by atoms with Crippen LogP contribution < -0.4 is 4.74 Å². The number of pyridine rings is 1. The summed E-state index contributed by atoms with van der Waals surface area (Å²) in [6, 6.07) is 13.9. The number of hydrogen-bond donors (Lipinski definition) is 0. The maximum absolute atomic E-state index is 12.8. The molecule has 5 nitrogen and oxygen atoms in total. The van der Waals surface area contributed by atoms with Crippen molar-refractivity contribution in [3.05, 3.63) is 59.9 Å². The highest BCUT2D eigenvalue weighted by molar-refractivity contribution is 5.94. The Morgan fingerprint density at radius 2 is 2.00 bits per heavy atom. The number of likely N-dealkylation sites (tertiary alicyclic amines) is 1. The fourth-order valence-corrected chi connectivity index (χ4v) is 3.52. The van der Waals surface area contributed by atoms with E-state index in [1.807, 2.05) is 47.5 Å². The summed E-state index contributed by atoms with van der Waals surface area (Å²) in [6.45, 7) is 2.46. The topological polar surface area (TPSA) is 45.7 Å². The van der Waals surface area contributed by atoms with Crippen LogP contribution in [0.1, 0.15) is 35.3 Å². The minimum Gasteiger partial charge on any atom is -0.497 e. The first-order valence-electron chi connectivity index (χ1n) is 9.21. The molecule has 0 N–H and O–H groups in total. The van der Waals surface area contributed by atoms with Gasteiger partial charge in [0.25, 0.3) is 5.91 Å². The van der Waals surface area contributed by atoms with Gasteiger partial charge < -0.3 is 9.64 Å². The third kappa shape index (κ3) is 4.61. The molecule has 26 heavy (non-hydrogen) atoms. The molecule has 1 atom stereocenters. The van der Waals surface area contributed by atoms with E-state index in [2.05, 4.69) is 23.0 Å². The fraction of sp³-hybridized carbons (Fsp3) is 0.429. The van der Waals surface area contributed by atoms with Gasteiger partial charge in [0.1, 0.15) is 5.75 Å². The summed E-state index contributed by atoms with van der Waals surface area (Å²) < 4.78 is 5.17. The molecule has 1 saturated heterocycles. The summed E-state index contributed by atoms with van der Waals surface area (Å²) in [5.74, 6) is 0.884. The van der Waals surface area contributed by atoms with Crippen molar-refractivity contribution in [2.24, 2.45) is 0 Å². The lowest BCUT2D eigenvalue weighted by molar-refractivity contribution is 0.0757. The summed E-state index contributed by atoms with van der Waals surface area (Å²) >= 11 is 0. The van der Waals surface area contributed by atoms with Crippen molar-refractivity contribution in [2.75, 3.05) is 27.2 Å². The number of nitrogens with zero attached hydrogens (tertiary/aromatic N) is 3. The first-order chi connectivity index (χ1) is 12.7. The molecule has 0 saturated carbocycles. The van der Waals surface area contributed by atoms with Gasteiger partial charge in [-0.05, 0) is 62.7 Å². The highest BCUT2D eigenvalue weighted by Gasteiger charge is 2.24. The van der Waals surface area contributed by atoms with E-state index < -0.39 is 0 Å². The second kappa shape index (κ2) is 8.81. The average Bonchev–Trinajstić information content (AvgIpc) is 2.94. The van der Waals surface area contributed by atoms with Crippen molar-refractivity contribution in [3.63, 3.8) is 0 Å². The van der Waals surface area contributed by atoms with Gasteiger partial charge in [-0.1, -0.05) is 6.07 Å². The van der Waals surface area contributed by atoms with Crippen LogP contribution in [0, 0.1) is 0 Å². The summed E-state index contributed by atoms with van der Waals surface area (Å²) in [5, 5.41) is 0. The first kappa shape index (κ1) is 18.4. The minimum atomic E-state index is 0.112. The molecule has 1 unspecified atom stereocenters. The Bertz CT molecular complexity index is 703. The van der Waals surface area contributed by atoms with E-state index in [1.165, 1.54) is 0 Å². The predicted molar refractivity (Wildman–Crippen MR) is 102 cm³/mol. The van der Waals surface area contributed by atoms with E-state index in [9.17, 15) is 4.79 Å². The largest absolute Gasteiger partial charge is 0.497 e. The van der Waals surface area contributed by atoms with Gasteiger partial charge in [0.15, 0.2) is 0 Å². The molecule has 1 aromatic heterocycles. The molecule has 0 spiro atoms. The maximum Gasteiger partial charge on any atom is 0.253 e. The second-order valence-electron chi connectivity index (χ2n) is 6.84. The third-order valence-electron chi connectivity index (χ3n) is 5.08. The molecule has 2 heterocycles. The molecular weight excluding hydrogens is 326 g/mol. The zero-order valence-electron chi connectivity index (χ0n) is 15.6. The van der Waals surface area contributed by atoms with E-state index >= 15 is 0 Å². The van der Waals surface area contributed by atoms with Crippen LogP contribution in [-0.2, 0) is 6.54 Å². The highest BCUT2D eigenvalue weighted by Crippen LogP contribution is 2.20. The number of carbonyl (C=O) groups is 1. The van der Waals surface area contributed by atoms with Crippen LogP contribution >= 0.6 is 0 Å². The van der Waals surface area contributed by atoms with Gasteiger partial charge in [-0.15, -0.1) is 0 Å². The predicted octanol–water partition coefficient (Wildman–Crippen LogP) is 3.22. The molecule has 3 rings (SSSR count). The van der Waals surface area contributed by atoms with E-state index in [0.717, 1.165) is 55.9 Å². The molecule has 138 valence electrons. The lowest BCUT2D eigenvalue weighted by Crippen LogP contribution is -2.35. The van der Waals surface area contributed by atoms with Crippen LogP contribution in [0.25, 0.3) is 0 Å². The van der Waals surface area contributed by atoms with Crippen LogP contribution in [-0.4, -0.2) is 54.0 Å². The molecule has 0 bridgehead atoms. The van der Waals surface area contributed by atoms with Crippen molar-refractivity contribution in [3.8, 4) is 5.75 Å². The fourth-order valence-electron chi connectivity index (χ4n) is 3.52. The van der Waals surface area contributed by atoms with Crippen molar-refractivity contribution >= 4 is 5.91 Å². The van der Waals surface area contributed by atoms with Gasteiger partial charge in [-0.3, -0.25) is 14.7 Å². The number of carbonyl (C=O) groups excluding carboxylic acids is 1. The number of ether oxygens (including phenoxy) is 1. The van der Waals surface area contributed by atoms with Gasteiger partial charge in [0, 0.05) is 37.4 Å². The van der Waals surface area contributed by atoms with E-state index in [4.69, 9.17) is 4.74 Å². The highest BCUT2D eigenvalue weighted by atomic mass is 16.5. The summed E-state index contributed by atoms with van der Waals surface area (Å²) in [7, 11) is 3.79. The SMILES string of the molecule is COc1ccc(C(=O)N2CCCC(N(C)Cc3ccccn3)CC2)cc1. The number of methoxy groups -OCH3 is 1. The molecule has 1 aliphatic heterocycles.